The number of ether oxygens (including phenoxy) is 1. The topological polar surface area (TPSA) is 96.0 Å². The van der Waals surface area contributed by atoms with E-state index in [2.05, 4.69) is 5.32 Å². The molecule has 8 nitrogen and oxygen atoms in total. The van der Waals surface area contributed by atoms with Crippen LogP contribution in [0.15, 0.2) is 83.8 Å². The molecule has 0 aliphatic rings. The van der Waals surface area contributed by atoms with E-state index >= 15 is 0 Å². The fourth-order valence-electron chi connectivity index (χ4n) is 3.96. The van der Waals surface area contributed by atoms with E-state index in [-0.39, 0.29) is 23.4 Å². The van der Waals surface area contributed by atoms with E-state index in [0.29, 0.717) is 23.1 Å². The zero-order chi connectivity index (χ0) is 29.3. The first-order chi connectivity index (χ1) is 19.1. The van der Waals surface area contributed by atoms with Gasteiger partial charge in [0.05, 0.1) is 17.2 Å². The Morgan fingerprint density at radius 2 is 1.55 bits per heavy atom. The van der Waals surface area contributed by atoms with Crippen molar-refractivity contribution in [1.82, 2.24) is 10.2 Å². The van der Waals surface area contributed by atoms with Gasteiger partial charge in [-0.1, -0.05) is 48.9 Å². The van der Waals surface area contributed by atoms with E-state index in [0.717, 1.165) is 16.3 Å². The molecule has 0 aliphatic heterocycles. The monoisotopic (exact) mass is 585 g/mol. The summed E-state index contributed by atoms with van der Waals surface area (Å²) in [5, 5.41) is 3.46. The highest BCUT2D eigenvalue weighted by Crippen LogP contribution is 2.26. The van der Waals surface area contributed by atoms with E-state index in [1.807, 2.05) is 20.8 Å². The van der Waals surface area contributed by atoms with Gasteiger partial charge >= 0.3 is 0 Å². The van der Waals surface area contributed by atoms with Crippen molar-refractivity contribution in [3.05, 3.63) is 89.4 Å². The summed E-state index contributed by atoms with van der Waals surface area (Å²) >= 11 is 6.04. The predicted octanol–water partition coefficient (Wildman–Crippen LogP) is 5.27. The van der Waals surface area contributed by atoms with Gasteiger partial charge in [-0.3, -0.25) is 13.9 Å². The molecule has 40 heavy (non-hydrogen) atoms. The summed E-state index contributed by atoms with van der Waals surface area (Å²) in [4.78, 5) is 28.4. The van der Waals surface area contributed by atoms with Gasteiger partial charge in [-0.05, 0) is 81.3 Å². The summed E-state index contributed by atoms with van der Waals surface area (Å²) in [6, 6.07) is 20.5. The highest BCUT2D eigenvalue weighted by Gasteiger charge is 2.32. The average molecular weight is 586 g/mol. The second kappa shape index (κ2) is 14.2. The second-order valence-corrected chi connectivity index (χ2v) is 11.7. The fourth-order valence-corrected chi connectivity index (χ4v) is 5.50. The SMILES string of the molecule is CCOc1ccc(S(=O)(=O)N(CC(=O)N(Cc2ccc(Cl)cc2)[C@@H](C)C(=O)N[C@@H](C)CC)c2ccccc2)cc1. The van der Waals surface area contributed by atoms with Gasteiger partial charge in [-0.15, -0.1) is 0 Å². The Morgan fingerprint density at radius 3 is 2.12 bits per heavy atom. The Balaban J connectivity index is 1.98. The number of amides is 2. The van der Waals surface area contributed by atoms with Crippen LogP contribution in [0.3, 0.4) is 0 Å². The van der Waals surface area contributed by atoms with E-state index in [9.17, 15) is 18.0 Å². The van der Waals surface area contributed by atoms with Crippen molar-refractivity contribution in [2.24, 2.45) is 0 Å². The quantitative estimate of drug-likeness (QED) is 0.295. The molecule has 3 aromatic carbocycles. The maximum Gasteiger partial charge on any atom is 0.264 e. The van der Waals surface area contributed by atoms with Gasteiger partial charge in [0.15, 0.2) is 0 Å². The number of benzene rings is 3. The van der Waals surface area contributed by atoms with Gasteiger partial charge in [-0.25, -0.2) is 8.42 Å². The van der Waals surface area contributed by atoms with Gasteiger partial charge in [0.1, 0.15) is 18.3 Å². The zero-order valence-corrected chi connectivity index (χ0v) is 24.8. The lowest BCUT2D eigenvalue weighted by molar-refractivity contribution is -0.139. The summed E-state index contributed by atoms with van der Waals surface area (Å²) in [5.74, 6) is -0.309. The van der Waals surface area contributed by atoms with Gasteiger partial charge in [0.2, 0.25) is 11.8 Å². The first kappa shape index (κ1) is 31.0. The molecule has 2 amide bonds. The Hall–Kier alpha value is -3.56. The number of nitrogens with one attached hydrogen (secondary N) is 1. The lowest BCUT2D eigenvalue weighted by Crippen LogP contribution is -2.52. The van der Waals surface area contributed by atoms with E-state index in [1.165, 1.54) is 17.0 Å². The smallest absolute Gasteiger partial charge is 0.264 e. The molecule has 0 spiro atoms. The van der Waals surface area contributed by atoms with Crippen molar-refractivity contribution in [1.29, 1.82) is 0 Å². The fraction of sp³-hybridized carbons (Fsp3) is 0.333. The largest absolute Gasteiger partial charge is 0.494 e. The van der Waals surface area contributed by atoms with Gasteiger partial charge in [-0.2, -0.15) is 0 Å². The molecule has 3 rings (SSSR count). The molecule has 1 N–H and O–H groups in total. The maximum absolute atomic E-state index is 13.9. The number of rotatable bonds is 13. The van der Waals surface area contributed by atoms with Crippen LogP contribution in [0.2, 0.25) is 5.02 Å². The third-order valence-electron chi connectivity index (χ3n) is 6.48. The van der Waals surface area contributed by atoms with Crippen molar-refractivity contribution in [2.45, 2.75) is 57.6 Å². The van der Waals surface area contributed by atoms with E-state index in [1.54, 1.807) is 73.7 Å². The van der Waals surface area contributed by atoms with Crippen molar-refractivity contribution < 1.29 is 22.7 Å². The molecule has 0 fully saturated rings. The molecule has 2 atom stereocenters. The Bertz CT molecular complexity index is 1370. The molecule has 10 heteroatoms. The third-order valence-corrected chi connectivity index (χ3v) is 8.52. The number of hydrogen-bond donors (Lipinski definition) is 1. The number of halogens is 1. The number of hydrogen-bond acceptors (Lipinski definition) is 5. The van der Waals surface area contributed by atoms with Crippen molar-refractivity contribution in [3.8, 4) is 5.75 Å². The van der Waals surface area contributed by atoms with Crippen LogP contribution in [0, 0.1) is 0 Å². The van der Waals surface area contributed by atoms with E-state index in [4.69, 9.17) is 16.3 Å². The lowest BCUT2D eigenvalue weighted by atomic mass is 10.1. The minimum Gasteiger partial charge on any atom is -0.494 e. The molecule has 0 aliphatic carbocycles. The van der Waals surface area contributed by atoms with Gasteiger partial charge < -0.3 is 15.0 Å². The molecule has 3 aromatic rings. The summed E-state index contributed by atoms with van der Waals surface area (Å²) in [6.45, 7) is 7.35. The molecular weight excluding hydrogens is 550 g/mol. The maximum atomic E-state index is 13.9. The molecule has 0 saturated heterocycles. The summed E-state index contributed by atoms with van der Waals surface area (Å²) in [6.07, 6.45) is 0.728. The number of carbonyl (C=O) groups is 2. The number of para-hydroxylation sites is 1. The van der Waals surface area contributed by atoms with Crippen molar-refractivity contribution in [3.63, 3.8) is 0 Å². The molecule has 0 saturated carbocycles. The lowest BCUT2D eigenvalue weighted by Gasteiger charge is -2.32. The standard InChI is InChI=1S/C30H36ClN3O5S/c1-5-22(3)32-30(36)23(4)33(20-24-12-14-25(31)15-13-24)29(35)21-34(26-10-8-7-9-11-26)40(37,38)28-18-16-27(17-19-28)39-6-2/h7-19,22-23H,5-6,20-21H2,1-4H3,(H,32,36)/t22-,23-/m0/s1. The number of sulfonamides is 1. The molecule has 0 bridgehead atoms. The molecule has 0 radical (unpaired) electrons. The van der Waals surface area contributed by atoms with Gasteiger partial charge in [0, 0.05) is 17.6 Å². The molecule has 0 heterocycles. The Labute approximate surface area is 241 Å². The van der Waals surface area contributed by atoms with Crippen LogP contribution in [0.5, 0.6) is 5.75 Å². The summed E-state index contributed by atoms with van der Waals surface area (Å²) in [7, 11) is -4.15. The first-order valence-corrected chi connectivity index (χ1v) is 15.0. The normalized spacial score (nSPS) is 12.7. The number of carbonyl (C=O) groups excluding carboxylic acids is 2. The van der Waals surface area contributed by atoms with Crippen molar-refractivity contribution >= 4 is 39.1 Å². The number of anilines is 1. The third kappa shape index (κ3) is 7.99. The Kier molecular flexibility index (Phi) is 11.0. The summed E-state index contributed by atoms with van der Waals surface area (Å²) in [5.41, 5.74) is 1.08. The zero-order valence-electron chi connectivity index (χ0n) is 23.2. The van der Waals surface area contributed by atoms with Crippen LogP contribution < -0.4 is 14.4 Å². The molecule has 0 aromatic heterocycles. The summed E-state index contributed by atoms with van der Waals surface area (Å²) < 4.78 is 34.2. The van der Waals surface area contributed by atoms with Crippen LogP contribution >= 0.6 is 11.6 Å². The number of nitrogens with zero attached hydrogens (tertiary/aromatic N) is 2. The Morgan fingerprint density at radius 1 is 0.925 bits per heavy atom. The molecule has 0 unspecified atom stereocenters. The van der Waals surface area contributed by atoms with Crippen LogP contribution in [-0.2, 0) is 26.2 Å². The minimum atomic E-state index is -4.15. The van der Waals surface area contributed by atoms with Crippen LogP contribution in [0.4, 0.5) is 5.69 Å². The van der Waals surface area contributed by atoms with E-state index < -0.39 is 28.5 Å². The predicted molar refractivity (Wildman–Crippen MR) is 158 cm³/mol. The molecule has 214 valence electrons. The van der Waals surface area contributed by atoms with Gasteiger partial charge in [0.25, 0.3) is 10.0 Å². The van der Waals surface area contributed by atoms with Crippen LogP contribution in [-0.4, -0.2) is 50.4 Å². The first-order valence-electron chi connectivity index (χ1n) is 13.2. The van der Waals surface area contributed by atoms with Crippen LogP contribution in [0.1, 0.15) is 39.7 Å². The highest BCUT2D eigenvalue weighted by molar-refractivity contribution is 7.92. The van der Waals surface area contributed by atoms with Crippen LogP contribution in [0.25, 0.3) is 0 Å². The van der Waals surface area contributed by atoms with Crippen molar-refractivity contribution in [2.75, 3.05) is 17.5 Å². The highest BCUT2D eigenvalue weighted by atomic mass is 35.5. The average Bonchev–Trinajstić information content (AvgIpc) is 2.95. The second-order valence-electron chi connectivity index (χ2n) is 9.39. The molecular formula is C30H36ClN3O5S. The minimum absolute atomic E-state index is 0.0134.